The monoisotopic (exact) mass is 411 g/mol. The molecule has 29 heavy (non-hydrogen) atoms. The molecule has 0 aliphatic carbocycles. The number of nitrogens with zero attached hydrogens (tertiary/aromatic N) is 3. The van der Waals surface area contributed by atoms with Gasteiger partial charge in [0.1, 0.15) is 6.54 Å². The highest BCUT2D eigenvalue weighted by molar-refractivity contribution is 7.16. The summed E-state index contributed by atoms with van der Waals surface area (Å²) in [7, 11) is 1.30. The summed E-state index contributed by atoms with van der Waals surface area (Å²) in [4.78, 5) is 39.0. The molecule has 0 saturated heterocycles. The number of fused-ring (bicyclic) bond motifs is 1. The van der Waals surface area contributed by atoms with Crippen LogP contribution in [0.5, 0.6) is 0 Å². The Hall–Kier alpha value is -3.59. The Morgan fingerprint density at radius 3 is 2.76 bits per heavy atom. The molecule has 0 N–H and O–H groups in total. The maximum Gasteiger partial charge on any atom is 0.325 e. The fourth-order valence-electron chi connectivity index (χ4n) is 2.77. The second-order valence-corrected chi connectivity index (χ2v) is 7.11. The van der Waals surface area contributed by atoms with Gasteiger partial charge in [-0.3, -0.25) is 19.7 Å². The summed E-state index contributed by atoms with van der Waals surface area (Å²) in [6, 6.07) is 11.6. The van der Waals surface area contributed by atoms with Crippen LogP contribution in [0.1, 0.15) is 11.1 Å². The fourth-order valence-corrected chi connectivity index (χ4v) is 3.89. The van der Waals surface area contributed by atoms with E-state index in [2.05, 4.69) is 4.99 Å². The predicted octanol–water partition coefficient (Wildman–Crippen LogP) is 3.23. The average molecular weight is 411 g/mol. The average Bonchev–Trinajstić information content (AvgIpc) is 3.04. The number of methoxy groups -OCH3 is 1. The summed E-state index contributed by atoms with van der Waals surface area (Å²) in [5.41, 5.74) is 2.21. The van der Waals surface area contributed by atoms with Crippen LogP contribution in [0.15, 0.2) is 53.5 Å². The maximum absolute atomic E-state index is 12.4. The molecule has 2 aromatic carbocycles. The number of aryl methyl sites for hydroxylation is 1. The maximum atomic E-state index is 12.4. The van der Waals surface area contributed by atoms with Crippen molar-refractivity contribution in [2.45, 2.75) is 13.5 Å². The van der Waals surface area contributed by atoms with Gasteiger partial charge in [-0.25, -0.2) is 0 Å². The number of amides is 1. The van der Waals surface area contributed by atoms with Gasteiger partial charge < -0.3 is 9.30 Å². The molecule has 0 radical (unpaired) electrons. The Labute approximate surface area is 169 Å². The molecule has 148 valence electrons. The number of aromatic nitrogens is 1. The van der Waals surface area contributed by atoms with E-state index in [1.165, 1.54) is 42.7 Å². The Kier molecular flexibility index (Phi) is 5.99. The zero-order chi connectivity index (χ0) is 21.0. The van der Waals surface area contributed by atoms with E-state index in [1.807, 2.05) is 25.1 Å². The highest BCUT2D eigenvalue weighted by atomic mass is 32.1. The van der Waals surface area contributed by atoms with Gasteiger partial charge in [0.25, 0.3) is 11.6 Å². The standard InChI is InChI=1S/C20H17N3O5S/c1-13-5-3-8-16-19(13)22(12-18(25)28-2)20(29-16)21-17(24)10-9-14-6-4-7-15(11-14)23(26)27/h3-11H,12H2,1-2H3/b10-9+,21-20?. The van der Waals surface area contributed by atoms with Gasteiger partial charge in [-0.2, -0.15) is 4.99 Å². The summed E-state index contributed by atoms with van der Waals surface area (Å²) >= 11 is 1.29. The third-order valence-corrected chi connectivity index (χ3v) is 5.17. The van der Waals surface area contributed by atoms with E-state index in [1.54, 1.807) is 16.7 Å². The van der Waals surface area contributed by atoms with Crippen LogP contribution >= 0.6 is 11.3 Å². The van der Waals surface area contributed by atoms with Crippen LogP contribution < -0.4 is 4.80 Å². The van der Waals surface area contributed by atoms with Crippen molar-refractivity contribution in [3.8, 4) is 0 Å². The molecule has 0 bridgehead atoms. The van der Waals surface area contributed by atoms with Crippen LogP contribution in [0, 0.1) is 17.0 Å². The molecule has 1 amide bonds. The van der Waals surface area contributed by atoms with Crippen molar-refractivity contribution in [3.05, 3.63) is 74.6 Å². The SMILES string of the molecule is COC(=O)Cn1c(=NC(=O)/C=C/c2cccc([N+](=O)[O-])c2)sc2cccc(C)c21. The second-order valence-electron chi connectivity index (χ2n) is 6.10. The normalized spacial score (nSPS) is 11.9. The lowest BCUT2D eigenvalue weighted by Gasteiger charge is -2.05. The minimum Gasteiger partial charge on any atom is -0.468 e. The summed E-state index contributed by atoms with van der Waals surface area (Å²) < 4.78 is 7.30. The molecule has 0 aliphatic heterocycles. The van der Waals surface area contributed by atoms with Crippen LogP contribution in [0.2, 0.25) is 0 Å². The largest absolute Gasteiger partial charge is 0.468 e. The molecule has 0 fully saturated rings. The van der Waals surface area contributed by atoms with Crippen LogP contribution in [0.3, 0.4) is 0 Å². The number of nitro groups is 1. The van der Waals surface area contributed by atoms with E-state index in [0.717, 1.165) is 15.8 Å². The lowest BCUT2D eigenvalue weighted by molar-refractivity contribution is -0.384. The molecule has 9 heteroatoms. The van der Waals surface area contributed by atoms with Gasteiger partial charge in [0.05, 0.1) is 22.2 Å². The Morgan fingerprint density at radius 2 is 2.03 bits per heavy atom. The third-order valence-electron chi connectivity index (χ3n) is 4.12. The smallest absolute Gasteiger partial charge is 0.325 e. The number of carbonyl (C=O) groups is 2. The first-order chi connectivity index (χ1) is 13.9. The topological polar surface area (TPSA) is 104 Å². The molecule has 0 aliphatic rings. The van der Waals surface area contributed by atoms with E-state index in [-0.39, 0.29) is 12.2 Å². The highest BCUT2D eigenvalue weighted by Crippen LogP contribution is 2.21. The lowest BCUT2D eigenvalue weighted by atomic mass is 10.2. The second kappa shape index (κ2) is 8.61. The molecule has 8 nitrogen and oxygen atoms in total. The number of non-ortho nitro benzene ring substituents is 1. The number of hydrogen-bond acceptors (Lipinski definition) is 6. The minimum atomic E-state index is -0.542. The number of ether oxygens (including phenoxy) is 1. The first-order valence-corrected chi connectivity index (χ1v) is 9.37. The molecule has 0 spiro atoms. The summed E-state index contributed by atoms with van der Waals surface area (Å²) in [5.74, 6) is -0.992. The van der Waals surface area contributed by atoms with Gasteiger partial charge in [0.15, 0.2) is 4.80 Å². The molecular weight excluding hydrogens is 394 g/mol. The van der Waals surface area contributed by atoms with Gasteiger partial charge >= 0.3 is 5.97 Å². The van der Waals surface area contributed by atoms with Crippen molar-refractivity contribution < 1.29 is 19.2 Å². The van der Waals surface area contributed by atoms with Gasteiger partial charge in [-0.15, -0.1) is 0 Å². The van der Waals surface area contributed by atoms with Gasteiger partial charge in [-0.1, -0.05) is 35.6 Å². The highest BCUT2D eigenvalue weighted by Gasteiger charge is 2.13. The summed E-state index contributed by atoms with van der Waals surface area (Å²) in [6.07, 6.45) is 2.70. The zero-order valence-corrected chi connectivity index (χ0v) is 16.5. The van der Waals surface area contributed by atoms with Crippen molar-refractivity contribution in [1.82, 2.24) is 4.57 Å². The van der Waals surface area contributed by atoms with Crippen LogP contribution in [-0.4, -0.2) is 28.5 Å². The number of hydrogen-bond donors (Lipinski definition) is 0. The fraction of sp³-hybridized carbons (Fsp3) is 0.150. The molecular formula is C20H17N3O5S. The van der Waals surface area contributed by atoms with Crippen molar-refractivity contribution in [1.29, 1.82) is 0 Å². The number of nitro benzene ring substituents is 1. The number of thiazole rings is 1. The van der Waals surface area contributed by atoms with Crippen LogP contribution in [0.4, 0.5) is 5.69 Å². The number of esters is 1. The minimum absolute atomic E-state index is 0.0626. The van der Waals surface area contributed by atoms with Crippen molar-refractivity contribution >= 4 is 45.2 Å². The predicted molar refractivity (Wildman–Crippen MR) is 109 cm³/mol. The van der Waals surface area contributed by atoms with Crippen molar-refractivity contribution in [2.24, 2.45) is 4.99 Å². The Morgan fingerprint density at radius 1 is 1.28 bits per heavy atom. The van der Waals surface area contributed by atoms with E-state index in [9.17, 15) is 19.7 Å². The quantitative estimate of drug-likeness (QED) is 0.277. The van der Waals surface area contributed by atoms with Gasteiger partial charge in [0, 0.05) is 18.2 Å². The zero-order valence-electron chi connectivity index (χ0n) is 15.7. The third kappa shape index (κ3) is 4.64. The molecule has 3 aromatic rings. The number of para-hydroxylation sites is 1. The molecule has 1 aromatic heterocycles. The summed E-state index contributed by atoms with van der Waals surface area (Å²) in [6.45, 7) is 1.85. The van der Waals surface area contributed by atoms with Gasteiger partial charge in [-0.05, 0) is 30.2 Å². The van der Waals surface area contributed by atoms with Crippen LogP contribution in [-0.2, 0) is 20.9 Å². The number of benzene rings is 2. The van der Waals surface area contributed by atoms with E-state index in [4.69, 9.17) is 4.74 Å². The Balaban J connectivity index is 1.99. The first-order valence-electron chi connectivity index (χ1n) is 8.56. The summed E-state index contributed by atoms with van der Waals surface area (Å²) in [5, 5.41) is 10.9. The van der Waals surface area contributed by atoms with Crippen LogP contribution in [0.25, 0.3) is 16.3 Å². The molecule has 0 atom stereocenters. The van der Waals surface area contributed by atoms with Crippen molar-refractivity contribution in [3.63, 3.8) is 0 Å². The van der Waals surface area contributed by atoms with Gasteiger partial charge in [0.2, 0.25) is 0 Å². The molecule has 0 unspecified atom stereocenters. The first kappa shape index (κ1) is 20.2. The number of rotatable bonds is 5. The number of carbonyl (C=O) groups excluding carboxylic acids is 2. The van der Waals surface area contributed by atoms with E-state index in [0.29, 0.717) is 10.4 Å². The molecule has 3 rings (SSSR count). The lowest BCUT2D eigenvalue weighted by Crippen LogP contribution is -2.22. The molecule has 1 heterocycles. The van der Waals surface area contributed by atoms with Crippen molar-refractivity contribution in [2.75, 3.05) is 7.11 Å². The van der Waals surface area contributed by atoms with E-state index >= 15 is 0 Å². The Bertz CT molecular complexity index is 1210. The molecule has 0 saturated carbocycles. The van der Waals surface area contributed by atoms with E-state index < -0.39 is 16.8 Å².